The lowest BCUT2D eigenvalue weighted by Gasteiger charge is -2.24. The van der Waals surface area contributed by atoms with Gasteiger partial charge in [0.1, 0.15) is 6.33 Å². The topological polar surface area (TPSA) is 59.8 Å². The van der Waals surface area contributed by atoms with Gasteiger partial charge in [-0.15, -0.1) is 0 Å². The van der Waals surface area contributed by atoms with Crippen molar-refractivity contribution in [3.8, 4) is 0 Å². The molecule has 1 aliphatic rings. The average molecular weight is 250 g/mol. The molecule has 0 unspecified atom stereocenters. The van der Waals surface area contributed by atoms with Crippen molar-refractivity contribution in [2.24, 2.45) is 0 Å². The predicted molar refractivity (Wildman–Crippen MR) is 69.4 cm³/mol. The van der Waals surface area contributed by atoms with E-state index < -0.39 is 0 Å². The van der Waals surface area contributed by atoms with Gasteiger partial charge in [-0.05, 0) is 33.6 Å². The molecule has 0 atom stereocenters. The average Bonchev–Trinajstić information content (AvgIpc) is 2.76. The highest BCUT2D eigenvalue weighted by molar-refractivity contribution is 5.91. The Morgan fingerprint density at radius 2 is 2.00 bits per heavy atom. The van der Waals surface area contributed by atoms with Crippen LogP contribution in [0.4, 0.5) is 0 Å². The molecule has 1 fully saturated rings. The van der Waals surface area contributed by atoms with Crippen LogP contribution in [0.1, 0.15) is 69.5 Å². The quantitative estimate of drug-likeness (QED) is 0.876. The van der Waals surface area contributed by atoms with Crippen molar-refractivity contribution in [2.45, 2.75) is 64.5 Å². The first kappa shape index (κ1) is 13.1. The number of carbonyl (C=O) groups excluding carboxylic acids is 1. The van der Waals surface area contributed by atoms with Gasteiger partial charge < -0.3 is 5.32 Å². The molecule has 1 aliphatic carbocycles. The summed E-state index contributed by atoms with van der Waals surface area (Å²) in [4.78, 5) is 16.3. The minimum absolute atomic E-state index is 0.134. The summed E-state index contributed by atoms with van der Waals surface area (Å²) in [6.45, 7) is 5.89. The number of rotatable bonds is 2. The van der Waals surface area contributed by atoms with E-state index in [1.54, 1.807) is 4.68 Å². The first-order valence-corrected chi connectivity index (χ1v) is 6.69. The fourth-order valence-electron chi connectivity index (χ4n) is 2.40. The maximum absolute atomic E-state index is 12.2. The van der Waals surface area contributed by atoms with Crippen LogP contribution in [-0.4, -0.2) is 26.2 Å². The third-order valence-corrected chi connectivity index (χ3v) is 3.19. The molecule has 2 rings (SSSR count). The van der Waals surface area contributed by atoms with Gasteiger partial charge in [0.15, 0.2) is 0 Å². The van der Waals surface area contributed by atoms with E-state index in [1.165, 1.54) is 25.6 Å². The van der Waals surface area contributed by atoms with Crippen LogP contribution in [0.5, 0.6) is 0 Å². The minimum atomic E-state index is -0.250. The first-order chi connectivity index (χ1) is 8.47. The second-order valence-electron chi connectivity index (χ2n) is 6.02. The van der Waals surface area contributed by atoms with Gasteiger partial charge in [-0.25, -0.2) is 9.67 Å². The zero-order valence-electron chi connectivity index (χ0n) is 11.4. The predicted octanol–water partition coefficient (Wildman–Crippen LogP) is 2.31. The third kappa shape index (κ3) is 3.09. The Morgan fingerprint density at radius 1 is 1.33 bits per heavy atom. The lowest BCUT2D eigenvalue weighted by atomic mass is 9.95. The van der Waals surface area contributed by atoms with Crippen LogP contribution in [-0.2, 0) is 0 Å². The number of hydrogen-bond donors (Lipinski definition) is 1. The summed E-state index contributed by atoms with van der Waals surface area (Å²) in [6.07, 6.45) is 7.38. The van der Waals surface area contributed by atoms with Gasteiger partial charge in [0.25, 0.3) is 5.91 Å². The third-order valence-electron chi connectivity index (χ3n) is 3.19. The summed E-state index contributed by atoms with van der Waals surface area (Å²) in [5.74, 6) is 0.308. The first-order valence-electron chi connectivity index (χ1n) is 6.69. The fraction of sp³-hybridized carbons (Fsp3) is 0.769. The Morgan fingerprint density at radius 3 is 2.61 bits per heavy atom. The van der Waals surface area contributed by atoms with Crippen molar-refractivity contribution >= 4 is 5.91 Å². The van der Waals surface area contributed by atoms with Crippen molar-refractivity contribution < 1.29 is 4.79 Å². The molecule has 1 amide bonds. The summed E-state index contributed by atoms with van der Waals surface area (Å²) < 4.78 is 1.81. The van der Waals surface area contributed by atoms with Gasteiger partial charge in [0.05, 0.1) is 6.04 Å². The van der Waals surface area contributed by atoms with Crippen molar-refractivity contribution in [1.29, 1.82) is 0 Å². The molecule has 5 nitrogen and oxygen atoms in total. The van der Waals surface area contributed by atoms with Gasteiger partial charge >= 0.3 is 0 Å². The molecule has 18 heavy (non-hydrogen) atoms. The Kier molecular flexibility index (Phi) is 3.68. The van der Waals surface area contributed by atoms with Crippen LogP contribution in [0.2, 0.25) is 0 Å². The van der Waals surface area contributed by atoms with E-state index in [4.69, 9.17) is 0 Å². The van der Waals surface area contributed by atoms with Crippen LogP contribution >= 0.6 is 0 Å². The van der Waals surface area contributed by atoms with Crippen LogP contribution < -0.4 is 5.32 Å². The molecule has 1 N–H and O–H groups in total. The van der Waals surface area contributed by atoms with E-state index in [0.717, 1.165) is 12.8 Å². The molecule has 5 heteroatoms. The SMILES string of the molecule is CC(C)(C)NC(=O)c1ncnn1C1CCCCC1. The lowest BCUT2D eigenvalue weighted by molar-refractivity contribution is 0.0897. The van der Waals surface area contributed by atoms with Gasteiger partial charge in [0.2, 0.25) is 5.82 Å². The number of hydrogen-bond acceptors (Lipinski definition) is 3. The molecule has 0 radical (unpaired) electrons. The fourth-order valence-corrected chi connectivity index (χ4v) is 2.40. The molecule has 100 valence electrons. The summed E-state index contributed by atoms with van der Waals surface area (Å²) >= 11 is 0. The molecule has 1 heterocycles. The van der Waals surface area contributed by atoms with Gasteiger partial charge in [-0.2, -0.15) is 5.10 Å². The summed E-state index contributed by atoms with van der Waals surface area (Å²) in [6, 6.07) is 0.335. The molecule has 0 spiro atoms. The Balaban J connectivity index is 2.14. The summed E-state index contributed by atoms with van der Waals surface area (Å²) in [5, 5.41) is 7.17. The van der Waals surface area contributed by atoms with Crippen LogP contribution in [0.15, 0.2) is 6.33 Å². The maximum atomic E-state index is 12.2. The highest BCUT2D eigenvalue weighted by Crippen LogP contribution is 2.28. The second-order valence-corrected chi connectivity index (χ2v) is 6.02. The van der Waals surface area contributed by atoms with Crippen molar-refractivity contribution in [2.75, 3.05) is 0 Å². The molecule has 1 saturated carbocycles. The van der Waals surface area contributed by atoms with Crippen molar-refractivity contribution in [1.82, 2.24) is 20.1 Å². The number of carbonyl (C=O) groups is 1. The van der Waals surface area contributed by atoms with Crippen molar-refractivity contribution in [3.63, 3.8) is 0 Å². The summed E-state index contributed by atoms with van der Waals surface area (Å²) in [7, 11) is 0. The maximum Gasteiger partial charge on any atom is 0.289 e. The monoisotopic (exact) mass is 250 g/mol. The largest absolute Gasteiger partial charge is 0.345 e. The van der Waals surface area contributed by atoms with Crippen LogP contribution in [0, 0.1) is 0 Å². The normalized spacial score (nSPS) is 17.7. The molecule has 0 saturated heterocycles. The van der Waals surface area contributed by atoms with E-state index >= 15 is 0 Å². The number of nitrogens with one attached hydrogen (secondary N) is 1. The van der Waals surface area contributed by atoms with Gasteiger partial charge in [0, 0.05) is 5.54 Å². The highest BCUT2D eigenvalue weighted by Gasteiger charge is 2.24. The summed E-state index contributed by atoms with van der Waals surface area (Å²) in [5.41, 5.74) is -0.250. The Labute approximate surface area is 108 Å². The second kappa shape index (κ2) is 5.08. The number of aromatic nitrogens is 3. The van der Waals surface area contributed by atoms with Gasteiger partial charge in [-0.3, -0.25) is 4.79 Å². The van der Waals surface area contributed by atoms with E-state index in [9.17, 15) is 4.79 Å². The Bertz CT molecular complexity index is 413. The Hall–Kier alpha value is -1.39. The lowest BCUT2D eigenvalue weighted by Crippen LogP contribution is -2.42. The van der Waals surface area contributed by atoms with Crippen LogP contribution in [0.3, 0.4) is 0 Å². The van der Waals surface area contributed by atoms with E-state index in [-0.39, 0.29) is 11.4 Å². The molecule has 1 aromatic heterocycles. The smallest absolute Gasteiger partial charge is 0.289 e. The standard InChI is InChI=1S/C13H22N4O/c1-13(2,3)16-12(18)11-14-9-15-17(11)10-7-5-4-6-8-10/h9-10H,4-8H2,1-3H3,(H,16,18). The zero-order valence-corrected chi connectivity index (χ0v) is 11.4. The molecular formula is C13H22N4O. The van der Waals surface area contributed by atoms with E-state index in [2.05, 4.69) is 15.4 Å². The molecule has 1 aromatic rings. The van der Waals surface area contributed by atoms with E-state index in [0.29, 0.717) is 11.9 Å². The minimum Gasteiger partial charge on any atom is -0.345 e. The number of nitrogens with zero attached hydrogens (tertiary/aromatic N) is 3. The zero-order chi connectivity index (χ0) is 13.2. The molecular weight excluding hydrogens is 228 g/mol. The van der Waals surface area contributed by atoms with Crippen LogP contribution in [0.25, 0.3) is 0 Å². The number of amides is 1. The molecule has 0 aliphatic heterocycles. The van der Waals surface area contributed by atoms with E-state index in [1.807, 2.05) is 20.8 Å². The molecule has 0 aromatic carbocycles. The highest BCUT2D eigenvalue weighted by atomic mass is 16.2. The molecule has 0 bridgehead atoms. The van der Waals surface area contributed by atoms with Gasteiger partial charge in [-0.1, -0.05) is 19.3 Å². The van der Waals surface area contributed by atoms with Crippen molar-refractivity contribution in [3.05, 3.63) is 12.2 Å².